The summed E-state index contributed by atoms with van der Waals surface area (Å²) in [5.41, 5.74) is -2.40. The van der Waals surface area contributed by atoms with Crippen LogP contribution in [0.15, 0.2) is 64.6 Å². The maximum Gasteiger partial charge on any atom is 0.291 e. The summed E-state index contributed by atoms with van der Waals surface area (Å²) in [5.74, 6) is -6.87. The van der Waals surface area contributed by atoms with Gasteiger partial charge in [0.05, 0.1) is 18.8 Å². The molecule has 0 bridgehead atoms. The predicted molar refractivity (Wildman–Crippen MR) is 133 cm³/mol. The van der Waals surface area contributed by atoms with E-state index in [1.54, 1.807) is 4.90 Å². The van der Waals surface area contributed by atoms with Crippen LogP contribution in [0.1, 0.15) is 31.7 Å². The van der Waals surface area contributed by atoms with Crippen LogP contribution >= 0.6 is 0 Å². The van der Waals surface area contributed by atoms with E-state index in [-0.39, 0.29) is 39.3 Å². The lowest BCUT2D eigenvalue weighted by Crippen LogP contribution is -2.43. The van der Waals surface area contributed by atoms with Gasteiger partial charge in [0.1, 0.15) is 0 Å². The van der Waals surface area contributed by atoms with Crippen molar-refractivity contribution < 1.29 is 43.0 Å². The normalized spacial score (nSPS) is 10.7. The van der Waals surface area contributed by atoms with E-state index in [0.29, 0.717) is 0 Å². The van der Waals surface area contributed by atoms with Crippen LogP contribution in [0.2, 0.25) is 0 Å². The van der Waals surface area contributed by atoms with E-state index in [4.69, 9.17) is 13.3 Å². The third-order valence-corrected chi connectivity index (χ3v) is 5.32. The van der Waals surface area contributed by atoms with Gasteiger partial charge in [-0.1, -0.05) is 0 Å². The van der Waals surface area contributed by atoms with E-state index in [1.165, 1.54) is 0 Å². The van der Waals surface area contributed by atoms with Crippen molar-refractivity contribution in [2.75, 3.05) is 39.3 Å². The van der Waals surface area contributed by atoms with Crippen LogP contribution in [0.3, 0.4) is 0 Å². The van der Waals surface area contributed by atoms with Crippen LogP contribution in [-0.4, -0.2) is 77.2 Å². The summed E-state index contributed by atoms with van der Waals surface area (Å²) in [6.45, 7) is 0.316. The fourth-order valence-corrected chi connectivity index (χ4v) is 3.27. The maximum absolute atomic E-state index is 12.3. The monoisotopic (exact) mass is 560 g/mol. The van der Waals surface area contributed by atoms with Gasteiger partial charge in [-0.05, 0) is 0 Å². The van der Waals surface area contributed by atoms with E-state index < -0.39 is 68.5 Å². The summed E-state index contributed by atoms with van der Waals surface area (Å²) in [5, 5.41) is 36.6. The number of aromatic hydroxyl groups is 3. The summed E-state index contributed by atoms with van der Waals surface area (Å²) in [4.78, 5) is 73.1. The van der Waals surface area contributed by atoms with Crippen LogP contribution in [0, 0.1) is 0 Å². The summed E-state index contributed by atoms with van der Waals surface area (Å²) < 4.78 is 14.7. The van der Waals surface area contributed by atoms with E-state index in [1.807, 2.05) is 0 Å². The van der Waals surface area contributed by atoms with E-state index in [0.717, 1.165) is 37.0 Å². The van der Waals surface area contributed by atoms with Gasteiger partial charge in [-0.2, -0.15) is 0 Å². The number of hydrogen-bond donors (Lipinski definition) is 6. The standard InChI is InChI=1S/C24H24N4O12/c29-13-1-10-38-19(16(13)32)22(35)25-4-7-28(8-5-26-23(36)20-17(33)14(30)2-11-39-20)9-6-27-24(37)21-18(34)15(31)3-12-40-21/h1-3,10-12,32-34H,4-9H2,(H,25,35)(H,26,36)(H,27,37). The molecule has 16 nitrogen and oxygen atoms in total. The number of amides is 3. The van der Waals surface area contributed by atoms with Crippen LogP contribution in [0.4, 0.5) is 0 Å². The first kappa shape index (κ1) is 29.2. The van der Waals surface area contributed by atoms with E-state index in [9.17, 15) is 44.1 Å². The zero-order chi connectivity index (χ0) is 29.2. The molecule has 3 rings (SSSR count). The highest BCUT2D eigenvalue weighted by Crippen LogP contribution is 2.11. The van der Waals surface area contributed by atoms with Crippen molar-refractivity contribution in [1.82, 2.24) is 20.9 Å². The number of hydrogen-bond acceptors (Lipinski definition) is 13. The van der Waals surface area contributed by atoms with Crippen molar-refractivity contribution >= 4 is 17.7 Å². The lowest BCUT2D eigenvalue weighted by atomic mass is 10.3. The van der Waals surface area contributed by atoms with Crippen molar-refractivity contribution in [2.45, 2.75) is 0 Å². The number of nitrogens with zero attached hydrogens (tertiary/aromatic N) is 1. The second-order valence-electron chi connectivity index (χ2n) is 8.00. The highest BCUT2D eigenvalue weighted by molar-refractivity contribution is 5.94. The largest absolute Gasteiger partial charge is 0.501 e. The molecule has 3 aromatic heterocycles. The molecule has 0 aliphatic carbocycles. The van der Waals surface area contributed by atoms with Gasteiger partial charge in [0.25, 0.3) is 17.7 Å². The third-order valence-electron chi connectivity index (χ3n) is 5.32. The van der Waals surface area contributed by atoms with E-state index in [2.05, 4.69) is 16.0 Å². The second kappa shape index (κ2) is 13.4. The molecule has 3 amide bonds. The highest BCUT2D eigenvalue weighted by Gasteiger charge is 2.19. The minimum Gasteiger partial charge on any atom is -0.501 e. The number of nitrogens with one attached hydrogen (secondary N) is 3. The Morgan fingerprint density at radius 2 is 0.850 bits per heavy atom. The fourth-order valence-electron chi connectivity index (χ4n) is 3.27. The second-order valence-corrected chi connectivity index (χ2v) is 8.00. The molecule has 0 radical (unpaired) electrons. The topological polar surface area (TPSA) is 242 Å². The average Bonchev–Trinajstić information content (AvgIpc) is 2.92. The molecule has 212 valence electrons. The minimum absolute atomic E-state index is 0.0263. The van der Waals surface area contributed by atoms with Crippen LogP contribution < -0.4 is 32.2 Å². The molecule has 0 spiro atoms. The Morgan fingerprint density at radius 3 is 1.12 bits per heavy atom. The van der Waals surface area contributed by atoms with Gasteiger partial charge in [-0.3, -0.25) is 33.7 Å². The molecule has 0 unspecified atom stereocenters. The SMILES string of the molecule is O=C(NCCN(CCNC(=O)c1occc(=O)c1O)CCNC(=O)c1occc(=O)c1O)c1occc(=O)c1O. The Kier molecular flexibility index (Phi) is 9.79. The lowest BCUT2D eigenvalue weighted by Gasteiger charge is -2.22. The van der Waals surface area contributed by atoms with Gasteiger partial charge >= 0.3 is 0 Å². The van der Waals surface area contributed by atoms with E-state index >= 15 is 0 Å². The van der Waals surface area contributed by atoms with Crippen LogP contribution in [0.5, 0.6) is 17.2 Å². The van der Waals surface area contributed by atoms with Crippen molar-refractivity contribution in [3.05, 3.63) is 84.9 Å². The molecule has 0 aliphatic rings. The molecular weight excluding hydrogens is 536 g/mol. The molecule has 6 N–H and O–H groups in total. The summed E-state index contributed by atoms with van der Waals surface area (Å²) in [7, 11) is 0. The zero-order valence-corrected chi connectivity index (χ0v) is 20.7. The minimum atomic E-state index is -0.860. The van der Waals surface area contributed by atoms with Gasteiger partial charge < -0.3 is 44.5 Å². The van der Waals surface area contributed by atoms with Gasteiger partial charge in [0.15, 0.2) is 0 Å². The molecule has 0 saturated heterocycles. The lowest BCUT2D eigenvalue weighted by molar-refractivity contribution is 0.0913. The van der Waals surface area contributed by atoms with Gasteiger partial charge in [0.2, 0.25) is 50.8 Å². The fraction of sp³-hybridized carbons (Fsp3) is 0.250. The smallest absolute Gasteiger partial charge is 0.291 e. The highest BCUT2D eigenvalue weighted by atomic mass is 16.4. The van der Waals surface area contributed by atoms with Crippen LogP contribution in [0.25, 0.3) is 0 Å². The Bertz CT molecular complexity index is 1370. The van der Waals surface area contributed by atoms with Crippen molar-refractivity contribution in [1.29, 1.82) is 0 Å². The van der Waals surface area contributed by atoms with Gasteiger partial charge in [-0.25, -0.2) is 0 Å². The molecular formula is C24H24N4O12. The maximum atomic E-state index is 12.3. The Balaban J connectivity index is 1.59. The molecule has 0 atom stereocenters. The van der Waals surface area contributed by atoms with Crippen molar-refractivity contribution in [2.24, 2.45) is 0 Å². The molecule has 0 fully saturated rings. The molecule has 0 saturated carbocycles. The zero-order valence-electron chi connectivity index (χ0n) is 20.7. The van der Waals surface area contributed by atoms with Gasteiger partial charge in [0, 0.05) is 57.5 Å². The van der Waals surface area contributed by atoms with Gasteiger partial charge in [-0.15, -0.1) is 0 Å². The number of rotatable bonds is 12. The first-order valence-corrected chi connectivity index (χ1v) is 11.6. The molecule has 0 aromatic carbocycles. The molecule has 0 aliphatic heterocycles. The Hall–Kier alpha value is -5.38. The predicted octanol–water partition coefficient (Wildman–Crippen LogP) is -1.45. The van der Waals surface area contributed by atoms with Crippen molar-refractivity contribution in [3.8, 4) is 17.2 Å². The molecule has 40 heavy (non-hydrogen) atoms. The molecule has 16 heteroatoms. The van der Waals surface area contributed by atoms with Crippen LogP contribution in [-0.2, 0) is 0 Å². The molecule has 3 heterocycles. The third kappa shape index (κ3) is 7.35. The van der Waals surface area contributed by atoms with Crippen molar-refractivity contribution in [3.63, 3.8) is 0 Å². The number of carbonyl (C=O) groups is 3. The Labute approximate surface area is 223 Å². The summed E-state index contributed by atoms with van der Waals surface area (Å²) in [6.07, 6.45) is 2.86. The molecule has 3 aromatic rings. The summed E-state index contributed by atoms with van der Waals surface area (Å²) in [6, 6.07) is 2.82. The average molecular weight is 560 g/mol. The Morgan fingerprint density at radius 1 is 0.575 bits per heavy atom. The summed E-state index contributed by atoms with van der Waals surface area (Å²) >= 11 is 0. The number of carbonyl (C=O) groups excluding carboxylic acids is 3. The quantitative estimate of drug-likeness (QED) is 0.149. The first-order chi connectivity index (χ1) is 19.1. The first-order valence-electron chi connectivity index (χ1n) is 11.6.